The van der Waals surface area contributed by atoms with Crippen LogP contribution >= 0.6 is 0 Å². The van der Waals surface area contributed by atoms with Crippen LogP contribution in [0.5, 0.6) is 0 Å². The highest BCUT2D eigenvalue weighted by atomic mass is 16.5. The van der Waals surface area contributed by atoms with E-state index in [2.05, 4.69) is 66.8 Å². The summed E-state index contributed by atoms with van der Waals surface area (Å²) in [6, 6.07) is 19.3. The van der Waals surface area contributed by atoms with E-state index in [0.29, 0.717) is 0 Å². The van der Waals surface area contributed by atoms with Gasteiger partial charge >= 0.3 is 0 Å². The lowest BCUT2D eigenvalue weighted by Crippen LogP contribution is -2.26. The summed E-state index contributed by atoms with van der Waals surface area (Å²) in [4.78, 5) is 0. The summed E-state index contributed by atoms with van der Waals surface area (Å²) >= 11 is 0. The maximum Gasteiger partial charge on any atom is 0.0591 e. The second kappa shape index (κ2) is 7.83. The molecule has 1 atom stereocenters. The number of aryl methyl sites for hydroxylation is 1. The third-order valence-electron chi connectivity index (χ3n) is 3.43. The van der Waals surface area contributed by atoms with Crippen molar-refractivity contribution in [2.45, 2.75) is 19.9 Å². The molecule has 0 aliphatic rings. The lowest BCUT2D eigenvalue weighted by molar-refractivity contribution is 0.148. The molecule has 1 N–H and O–H groups in total. The van der Waals surface area contributed by atoms with Crippen molar-refractivity contribution in [3.63, 3.8) is 0 Å². The van der Waals surface area contributed by atoms with E-state index in [4.69, 9.17) is 4.74 Å². The van der Waals surface area contributed by atoms with Crippen LogP contribution in [0, 0.1) is 6.92 Å². The quantitative estimate of drug-likeness (QED) is 0.774. The first-order valence-corrected chi connectivity index (χ1v) is 7.24. The first kappa shape index (κ1) is 14.8. The maximum atomic E-state index is 5.42. The molecule has 20 heavy (non-hydrogen) atoms. The average Bonchev–Trinajstić information content (AvgIpc) is 2.49. The summed E-state index contributed by atoms with van der Waals surface area (Å²) in [5.74, 6) is 0. The molecule has 0 amide bonds. The molecule has 0 aromatic heterocycles. The van der Waals surface area contributed by atoms with Gasteiger partial charge in [-0.05, 0) is 30.5 Å². The molecule has 0 heterocycles. The zero-order chi connectivity index (χ0) is 14.2. The van der Waals surface area contributed by atoms with E-state index in [1.807, 2.05) is 6.92 Å². The number of benzene rings is 2. The molecule has 0 fully saturated rings. The van der Waals surface area contributed by atoms with Gasteiger partial charge in [-0.25, -0.2) is 0 Å². The number of nitrogens with one attached hydrogen (secondary N) is 1. The molecule has 0 aliphatic carbocycles. The first-order valence-electron chi connectivity index (χ1n) is 7.24. The second-order valence-corrected chi connectivity index (χ2v) is 4.85. The summed E-state index contributed by atoms with van der Waals surface area (Å²) in [6.45, 7) is 6.54. The van der Waals surface area contributed by atoms with Gasteiger partial charge < -0.3 is 10.1 Å². The summed E-state index contributed by atoms with van der Waals surface area (Å²) in [5, 5.41) is 3.60. The van der Waals surface area contributed by atoms with Crippen LogP contribution in [0.3, 0.4) is 0 Å². The van der Waals surface area contributed by atoms with Gasteiger partial charge in [-0.2, -0.15) is 0 Å². The van der Waals surface area contributed by atoms with Crippen molar-refractivity contribution in [1.82, 2.24) is 5.32 Å². The fraction of sp³-hybridized carbons (Fsp3) is 0.333. The summed E-state index contributed by atoms with van der Waals surface area (Å²) < 4.78 is 5.42. The van der Waals surface area contributed by atoms with E-state index in [0.717, 1.165) is 19.8 Å². The highest BCUT2D eigenvalue weighted by Crippen LogP contribution is 2.24. The monoisotopic (exact) mass is 269 g/mol. The van der Waals surface area contributed by atoms with Crippen molar-refractivity contribution < 1.29 is 4.74 Å². The molecule has 2 nitrogen and oxygen atoms in total. The fourth-order valence-electron chi connectivity index (χ4n) is 2.38. The Morgan fingerprint density at radius 1 is 1.00 bits per heavy atom. The van der Waals surface area contributed by atoms with Crippen LogP contribution < -0.4 is 5.32 Å². The zero-order valence-electron chi connectivity index (χ0n) is 12.3. The molecule has 2 aromatic carbocycles. The first-order chi connectivity index (χ1) is 9.83. The normalized spacial score (nSPS) is 12.3. The minimum atomic E-state index is 0.220. The molecule has 1 unspecified atom stereocenters. The van der Waals surface area contributed by atoms with Crippen LogP contribution in [0.1, 0.15) is 29.7 Å². The molecule has 2 heteroatoms. The number of rotatable bonds is 7. The van der Waals surface area contributed by atoms with Crippen LogP contribution in [0.15, 0.2) is 54.6 Å². The largest absolute Gasteiger partial charge is 0.380 e. The number of hydrogen-bond acceptors (Lipinski definition) is 2. The minimum absolute atomic E-state index is 0.220. The van der Waals surface area contributed by atoms with Gasteiger partial charge in [0.1, 0.15) is 0 Å². The summed E-state index contributed by atoms with van der Waals surface area (Å²) in [7, 11) is 0. The van der Waals surface area contributed by atoms with Gasteiger partial charge in [0, 0.05) is 13.2 Å². The Hall–Kier alpha value is -1.64. The predicted octanol–water partition coefficient (Wildman–Crippen LogP) is 3.71. The van der Waals surface area contributed by atoms with Crippen LogP contribution in [0.4, 0.5) is 0 Å². The topological polar surface area (TPSA) is 21.3 Å². The van der Waals surface area contributed by atoms with Crippen molar-refractivity contribution in [2.75, 3.05) is 19.8 Å². The molecular formula is C18H23NO. The summed E-state index contributed by atoms with van der Waals surface area (Å²) in [6.07, 6.45) is 0. The van der Waals surface area contributed by atoms with E-state index >= 15 is 0 Å². The van der Waals surface area contributed by atoms with Gasteiger partial charge in [0.2, 0.25) is 0 Å². The van der Waals surface area contributed by atoms with E-state index in [1.54, 1.807) is 0 Å². The van der Waals surface area contributed by atoms with Gasteiger partial charge in [0.15, 0.2) is 0 Å². The zero-order valence-corrected chi connectivity index (χ0v) is 12.3. The van der Waals surface area contributed by atoms with Crippen molar-refractivity contribution in [2.24, 2.45) is 0 Å². The van der Waals surface area contributed by atoms with Crippen molar-refractivity contribution in [3.8, 4) is 0 Å². The molecule has 0 spiro atoms. The maximum absolute atomic E-state index is 5.42. The molecule has 0 saturated heterocycles. The minimum Gasteiger partial charge on any atom is -0.380 e. The Labute approximate surface area is 121 Å². The second-order valence-electron chi connectivity index (χ2n) is 4.85. The molecule has 0 bridgehead atoms. The average molecular weight is 269 g/mol. The van der Waals surface area contributed by atoms with Gasteiger partial charge in [0.05, 0.1) is 12.6 Å². The Morgan fingerprint density at radius 3 is 2.40 bits per heavy atom. The molecule has 106 valence electrons. The molecule has 2 rings (SSSR count). The van der Waals surface area contributed by atoms with Gasteiger partial charge in [-0.15, -0.1) is 0 Å². The summed E-state index contributed by atoms with van der Waals surface area (Å²) in [5.41, 5.74) is 3.93. The molecular weight excluding hydrogens is 246 g/mol. The Kier molecular flexibility index (Phi) is 5.78. The smallest absolute Gasteiger partial charge is 0.0591 e. The number of hydrogen-bond donors (Lipinski definition) is 1. The lowest BCUT2D eigenvalue weighted by Gasteiger charge is -2.21. The third kappa shape index (κ3) is 3.92. The molecule has 2 aromatic rings. The molecule has 0 radical (unpaired) electrons. The van der Waals surface area contributed by atoms with E-state index in [-0.39, 0.29) is 6.04 Å². The van der Waals surface area contributed by atoms with Crippen molar-refractivity contribution in [3.05, 3.63) is 71.3 Å². The fourth-order valence-corrected chi connectivity index (χ4v) is 2.38. The van der Waals surface area contributed by atoms with Gasteiger partial charge in [-0.3, -0.25) is 0 Å². The highest BCUT2D eigenvalue weighted by Gasteiger charge is 2.14. The highest BCUT2D eigenvalue weighted by molar-refractivity contribution is 5.36. The van der Waals surface area contributed by atoms with Gasteiger partial charge in [-0.1, -0.05) is 54.6 Å². The predicted molar refractivity (Wildman–Crippen MR) is 84.0 cm³/mol. The molecule has 0 aliphatic heterocycles. The number of ether oxygens (including phenoxy) is 1. The van der Waals surface area contributed by atoms with Crippen LogP contribution in [0.25, 0.3) is 0 Å². The standard InChI is InChI=1S/C18H23NO/c1-3-20-14-13-19-18(16-10-5-4-6-11-16)17-12-8-7-9-15(17)2/h4-12,18-19H,3,13-14H2,1-2H3. The Bertz CT molecular complexity index is 510. The third-order valence-corrected chi connectivity index (χ3v) is 3.43. The lowest BCUT2D eigenvalue weighted by atomic mass is 9.95. The van der Waals surface area contributed by atoms with Crippen LogP contribution in [0.2, 0.25) is 0 Å². The Morgan fingerprint density at radius 2 is 1.70 bits per heavy atom. The SMILES string of the molecule is CCOCCNC(c1ccccc1)c1ccccc1C. The van der Waals surface area contributed by atoms with E-state index in [9.17, 15) is 0 Å². The van der Waals surface area contributed by atoms with Crippen molar-refractivity contribution >= 4 is 0 Å². The van der Waals surface area contributed by atoms with E-state index in [1.165, 1.54) is 16.7 Å². The van der Waals surface area contributed by atoms with Gasteiger partial charge in [0.25, 0.3) is 0 Å². The van der Waals surface area contributed by atoms with E-state index < -0.39 is 0 Å². The Balaban J connectivity index is 2.19. The van der Waals surface area contributed by atoms with Crippen molar-refractivity contribution in [1.29, 1.82) is 0 Å². The van der Waals surface area contributed by atoms with Crippen LogP contribution in [-0.4, -0.2) is 19.8 Å². The van der Waals surface area contributed by atoms with Crippen LogP contribution in [-0.2, 0) is 4.74 Å². The molecule has 0 saturated carbocycles.